The lowest BCUT2D eigenvalue weighted by Gasteiger charge is -2.42. The van der Waals surface area contributed by atoms with Crippen LogP contribution in [0.15, 0.2) is 0 Å². The second kappa shape index (κ2) is 3.22. The van der Waals surface area contributed by atoms with Crippen molar-refractivity contribution in [3.8, 4) is 0 Å². The molecule has 2 unspecified atom stereocenters. The van der Waals surface area contributed by atoms with Gasteiger partial charge in [-0.3, -0.25) is 9.69 Å². The van der Waals surface area contributed by atoms with E-state index in [2.05, 4.69) is 6.92 Å². The van der Waals surface area contributed by atoms with Gasteiger partial charge >= 0.3 is 5.97 Å². The first-order valence-electron chi connectivity index (χ1n) is 4.15. The Labute approximate surface area is 67.0 Å². The minimum atomic E-state index is -0.681. The Bertz CT molecular complexity index is 158. The zero-order valence-corrected chi connectivity index (χ0v) is 7.08. The summed E-state index contributed by atoms with van der Waals surface area (Å²) in [6.45, 7) is 4.95. The second-order valence-electron chi connectivity index (χ2n) is 3.14. The first-order chi connectivity index (χ1) is 5.16. The molecule has 1 fully saturated rings. The van der Waals surface area contributed by atoms with Gasteiger partial charge in [0.15, 0.2) is 0 Å². The molecule has 11 heavy (non-hydrogen) atoms. The zero-order chi connectivity index (χ0) is 8.43. The molecular formula is C8H15NO2. The summed E-state index contributed by atoms with van der Waals surface area (Å²) in [6.07, 6.45) is 1.85. The van der Waals surface area contributed by atoms with Crippen LogP contribution in [0.2, 0.25) is 0 Å². The maximum absolute atomic E-state index is 10.7. The normalized spacial score (nSPS) is 27.6. The number of hydrogen-bond donors (Lipinski definition) is 1. The van der Waals surface area contributed by atoms with Gasteiger partial charge in [-0.1, -0.05) is 6.92 Å². The van der Waals surface area contributed by atoms with E-state index < -0.39 is 5.97 Å². The van der Waals surface area contributed by atoms with E-state index in [-0.39, 0.29) is 6.04 Å². The van der Waals surface area contributed by atoms with Gasteiger partial charge in [-0.25, -0.2) is 0 Å². The highest BCUT2D eigenvalue weighted by molar-refractivity contribution is 5.73. The molecule has 0 amide bonds. The van der Waals surface area contributed by atoms with Crippen LogP contribution in [0.1, 0.15) is 26.7 Å². The first-order valence-corrected chi connectivity index (χ1v) is 4.15. The van der Waals surface area contributed by atoms with E-state index in [0.717, 1.165) is 13.0 Å². The molecular weight excluding hydrogens is 142 g/mol. The molecule has 0 spiro atoms. The van der Waals surface area contributed by atoms with E-state index in [1.54, 1.807) is 0 Å². The van der Waals surface area contributed by atoms with Gasteiger partial charge in [0.25, 0.3) is 0 Å². The Morgan fingerprint density at radius 2 is 2.45 bits per heavy atom. The molecule has 1 rings (SSSR count). The van der Waals surface area contributed by atoms with Crippen LogP contribution < -0.4 is 0 Å². The monoisotopic (exact) mass is 157 g/mol. The van der Waals surface area contributed by atoms with Crippen LogP contribution in [0.4, 0.5) is 0 Å². The fourth-order valence-electron chi connectivity index (χ4n) is 1.55. The Morgan fingerprint density at radius 3 is 2.55 bits per heavy atom. The molecule has 1 N–H and O–H groups in total. The third-order valence-electron chi connectivity index (χ3n) is 2.44. The first kappa shape index (κ1) is 8.53. The lowest BCUT2D eigenvalue weighted by molar-refractivity contribution is -0.146. The summed E-state index contributed by atoms with van der Waals surface area (Å²) in [5.74, 6) is -0.681. The largest absolute Gasteiger partial charge is 0.480 e. The third kappa shape index (κ3) is 1.53. The topological polar surface area (TPSA) is 40.5 Å². The van der Waals surface area contributed by atoms with E-state index >= 15 is 0 Å². The highest BCUT2D eigenvalue weighted by atomic mass is 16.4. The van der Waals surface area contributed by atoms with Gasteiger partial charge in [0, 0.05) is 12.6 Å². The summed E-state index contributed by atoms with van der Waals surface area (Å²) < 4.78 is 0. The Morgan fingerprint density at radius 1 is 1.82 bits per heavy atom. The van der Waals surface area contributed by atoms with Crippen molar-refractivity contribution in [2.75, 3.05) is 6.54 Å². The average molecular weight is 157 g/mol. The van der Waals surface area contributed by atoms with Crippen molar-refractivity contribution in [3.63, 3.8) is 0 Å². The number of likely N-dealkylation sites (tertiary alicyclic amines) is 1. The van der Waals surface area contributed by atoms with Crippen molar-refractivity contribution < 1.29 is 9.90 Å². The predicted molar refractivity (Wildman–Crippen MR) is 42.5 cm³/mol. The van der Waals surface area contributed by atoms with Gasteiger partial charge in [0.1, 0.15) is 6.04 Å². The summed E-state index contributed by atoms with van der Waals surface area (Å²) >= 11 is 0. The van der Waals surface area contributed by atoms with Gasteiger partial charge in [0.2, 0.25) is 0 Å². The maximum atomic E-state index is 10.7. The predicted octanol–water partition coefficient (Wildman–Crippen LogP) is 0.944. The van der Waals surface area contributed by atoms with Gasteiger partial charge in [-0.15, -0.1) is 0 Å². The molecule has 0 aromatic rings. The van der Waals surface area contributed by atoms with Gasteiger partial charge in [0.05, 0.1) is 0 Å². The van der Waals surface area contributed by atoms with Crippen molar-refractivity contribution in [1.82, 2.24) is 4.90 Å². The van der Waals surface area contributed by atoms with Gasteiger partial charge in [-0.2, -0.15) is 0 Å². The van der Waals surface area contributed by atoms with Crippen molar-refractivity contribution in [2.24, 2.45) is 0 Å². The smallest absolute Gasteiger partial charge is 0.320 e. The van der Waals surface area contributed by atoms with Crippen LogP contribution >= 0.6 is 0 Å². The van der Waals surface area contributed by atoms with E-state index in [4.69, 9.17) is 5.11 Å². The molecule has 64 valence electrons. The maximum Gasteiger partial charge on any atom is 0.320 e. The third-order valence-corrected chi connectivity index (χ3v) is 2.44. The summed E-state index contributed by atoms with van der Waals surface area (Å²) in [4.78, 5) is 12.7. The Hall–Kier alpha value is -0.570. The molecule has 2 atom stereocenters. The highest BCUT2D eigenvalue weighted by Gasteiger charge is 2.33. The van der Waals surface area contributed by atoms with Crippen LogP contribution in [0.5, 0.6) is 0 Å². The number of hydrogen-bond acceptors (Lipinski definition) is 2. The van der Waals surface area contributed by atoms with Crippen LogP contribution in [0.25, 0.3) is 0 Å². The molecule has 0 saturated carbocycles. The number of carboxylic acids is 1. The second-order valence-corrected chi connectivity index (χ2v) is 3.14. The molecule has 3 heteroatoms. The molecule has 1 heterocycles. The molecule has 0 aliphatic carbocycles. The van der Waals surface area contributed by atoms with Gasteiger partial charge in [-0.05, 0) is 19.8 Å². The molecule has 0 aromatic heterocycles. The fraction of sp³-hybridized carbons (Fsp3) is 0.875. The van der Waals surface area contributed by atoms with E-state index in [0.29, 0.717) is 12.5 Å². The van der Waals surface area contributed by atoms with Gasteiger partial charge < -0.3 is 5.11 Å². The van der Waals surface area contributed by atoms with E-state index in [9.17, 15) is 4.79 Å². The minimum absolute atomic E-state index is 0.251. The standard InChI is InChI=1S/C8H15NO2/c1-3-7(8(10)11)9-5-4-6(9)2/h6-7H,3-5H2,1-2H3,(H,10,11). The van der Waals surface area contributed by atoms with E-state index in [1.165, 1.54) is 0 Å². The number of rotatable bonds is 3. The lowest BCUT2D eigenvalue weighted by atomic mass is 10.0. The van der Waals surface area contributed by atoms with Crippen molar-refractivity contribution >= 4 is 5.97 Å². The van der Waals surface area contributed by atoms with E-state index in [1.807, 2.05) is 11.8 Å². The molecule has 0 bridgehead atoms. The summed E-state index contributed by atoms with van der Waals surface area (Å²) in [6, 6.07) is 0.217. The SMILES string of the molecule is CCC(C(=O)O)N1CCC1C. The average Bonchev–Trinajstić information content (AvgIpc) is 1.96. The Balaban J connectivity index is 2.48. The summed E-state index contributed by atoms with van der Waals surface area (Å²) in [7, 11) is 0. The molecule has 1 aliphatic heterocycles. The number of nitrogens with zero attached hydrogens (tertiary/aromatic N) is 1. The number of carboxylic acid groups (broad SMARTS) is 1. The fourth-order valence-corrected chi connectivity index (χ4v) is 1.55. The Kier molecular flexibility index (Phi) is 2.49. The zero-order valence-electron chi connectivity index (χ0n) is 7.08. The quantitative estimate of drug-likeness (QED) is 0.663. The minimum Gasteiger partial charge on any atom is -0.480 e. The van der Waals surface area contributed by atoms with Crippen LogP contribution in [0.3, 0.4) is 0 Å². The highest BCUT2D eigenvalue weighted by Crippen LogP contribution is 2.21. The van der Waals surface area contributed by atoms with Crippen molar-refractivity contribution in [2.45, 2.75) is 38.8 Å². The lowest BCUT2D eigenvalue weighted by Crippen LogP contribution is -2.54. The van der Waals surface area contributed by atoms with Crippen LogP contribution in [0, 0.1) is 0 Å². The molecule has 1 saturated heterocycles. The molecule has 0 aromatic carbocycles. The van der Waals surface area contributed by atoms with Crippen LogP contribution in [-0.4, -0.2) is 34.6 Å². The molecule has 0 radical (unpaired) electrons. The summed E-state index contributed by atoms with van der Waals surface area (Å²) in [5.41, 5.74) is 0. The van der Waals surface area contributed by atoms with Crippen molar-refractivity contribution in [3.05, 3.63) is 0 Å². The number of carbonyl (C=O) groups is 1. The molecule has 3 nitrogen and oxygen atoms in total. The summed E-state index contributed by atoms with van der Waals surface area (Å²) in [5, 5.41) is 8.78. The number of aliphatic carboxylic acids is 1. The van der Waals surface area contributed by atoms with Crippen molar-refractivity contribution in [1.29, 1.82) is 0 Å². The molecule has 1 aliphatic rings. The van der Waals surface area contributed by atoms with Crippen LogP contribution in [-0.2, 0) is 4.79 Å².